The van der Waals surface area contributed by atoms with Gasteiger partial charge in [0.05, 0.1) is 24.8 Å². The van der Waals surface area contributed by atoms with E-state index in [1.807, 2.05) is 0 Å². The predicted molar refractivity (Wildman–Crippen MR) is 131 cm³/mol. The van der Waals surface area contributed by atoms with Gasteiger partial charge in [0.25, 0.3) is 11.5 Å². The van der Waals surface area contributed by atoms with Crippen molar-refractivity contribution in [2.75, 3.05) is 18.4 Å². The molecular weight excluding hydrogens is 465 g/mol. The fourth-order valence-electron chi connectivity index (χ4n) is 3.43. The second-order valence-electron chi connectivity index (χ2n) is 7.82. The minimum absolute atomic E-state index is 0.0564. The van der Waals surface area contributed by atoms with Gasteiger partial charge in [0.2, 0.25) is 5.91 Å². The smallest absolute Gasteiger partial charge is 0.281 e. The number of aromatic nitrogens is 2. The standard InChI is InChI=1S/C26H22FN5O4/c27-19-10-8-17(9-11-19)13-31-25(35)20-7-4-12-32-24(20)30-14-21(26(32)36)28-16-23(34)29-15-22(33)18-5-2-1-3-6-18/h1-12,14,28H,13,15-16H2,(H,29,34)(H,31,35). The minimum atomic E-state index is -0.499. The summed E-state index contributed by atoms with van der Waals surface area (Å²) in [5, 5.41) is 7.95. The van der Waals surface area contributed by atoms with Crippen LogP contribution in [0.25, 0.3) is 5.65 Å². The topological polar surface area (TPSA) is 122 Å². The van der Waals surface area contributed by atoms with Gasteiger partial charge in [-0.3, -0.25) is 23.6 Å². The summed E-state index contributed by atoms with van der Waals surface area (Å²) >= 11 is 0. The maximum absolute atomic E-state index is 13.1. The molecule has 2 aromatic heterocycles. The molecule has 0 radical (unpaired) electrons. The van der Waals surface area contributed by atoms with Crippen LogP contribution in [0.3, 0.4) is 0 Å². The molecule has 4 rings (SSSR count). The number of hydrogen-bond acceptors (Lipinski definition) is 6. The number of rotatable bonds is 9. The third-order valence-electron chi connectivity index (χ3n) is 5.32. The van der Waals surface area contributed by atoms with Crippen LogP contribution in [-0.2, 0) is 11.3 Å². The van der Waals surface area contributed by atoms with Crippen molar-refractivity contribution in [3.63, 3.8) is 0 Å². The average molecular weight is 487 g/mol. The molecule has 2 heterocycles. The van der Waals surface area contributed by atoms with Crippen molar-refractivity contribution in [3.8, 4) is 0 Å². The number of benzene rings is 2. The number of Topliss-reactive ketones (excluding diaryl/α,β-unsaturated/α-hetero) is 1. The van der Waals surface area contributed by atoms with Crippen molar-refractivity contribution in [2.45, 2.75) is 6.54 Å². The summed E-state index contributed by atoms with van der Waals surface area (Å²) in [5.41, 5.74) is 1.08. The first-order valence-electron chi connectivity index (χ1n) is 11.0. The number of carbonyl (C=O) groups excluding carboxylic acids is 3. The van der Waals surface area contributed by atoms with E-state index in [1.165, 1.54) is 41.1 Å². The lowest BCUT2D eigenvalue weighted by molar-refractivity contribution is -0.119. The number of pyridine rings is 1. The van der Waals surface area contributed by atoms with Crippen LogP contribution in [0.15, 0.2) is 83.9 Å². The van der Waals surface area contributed by atoms with E-state index in [0.29, 0.717) is 11.1 Å². The molecule has 10 heteroatoms. The van der Waals surface area contributed by atoms with Gasteiger partial charge >= 0.3 is 0 Å². The highest BCUT2D eigenvalue weighted by atomic mass is 19.1. The molecule has 0 saturated carbocycles. The van der Waals surface area contributed by atoms with Gasteiger partial charge in [0, 0.05) is 18.3 Å². The van der Waals surface area contributed by atoms with Crippen LogP contribution in [0, 0.1) is 5.82 Å². The Labute approximate surface area is 205 Å². The fraction of sp³-hybridized carbons (Fsp3) is 0.115. The lowest BCUT2D eigenvalue weighted by Gasteiger charge is -2.11. The Morgan fingerprint density at radius 3 is 2.39 bits per heavy atom. The zero-order chi connectivity index (χ0) is 25.5. The van der Waals surface area contributed by atoms with E-state index in [4.69, 9.17) is 0 Å². The third kappa shape index (κ3) is 5.79. The molecule has 0 aliphatic heterocycles. The molecule has 0 unspecified atom stereocenters. The molecule has 0 spiro atoms. The molecule has 0 bridgehead atoms. The highest BCUT2D eigenvalue weighted by molar-refractivity contribution is 6.00. The molecule has 0 fully saturated rings. The maximum atomic E-state index is 13.1. The van der Waals surface area contributed by atoms with Gasteiger partial charge < -0.3 is 16.0 Å². The normalized spacial score (nSPS) is 10.6. The van der Waals surface area contributed by atoms with E-state index in [1.54, 1.807) is 42.5 Å². The van der Waals surface area contributed by atoms with Crippen LogP contribution in [-0.4, -0.2) is 40.1 Å². The Morgan fingerprint density at radius 2 is 1.64 bits per heavy atom. The van der Waals surface area contributed by atoms with Crippen LogP contribution >= 0.6 is 0 Å². The quantitative estimate of drug-likeness (QED) is 0.311. The minimum Gasteiger partial charge on any atom is -0.370 e. The SMILES string of the molecule is O=C(CNc1cnc2c(C(=O)NCc3ccc(F)cc3)cccn2c1=O)NCC(=O)c1ccccc1. The lowest BCUT2D eigenvalue weighted by atomic mass is 10.1. The molecule has 36 heavy (non-hydrogen) atoms. The number of anilines is 1. The van der Waals surface area contributed by atoms with E-state index in [0.717, 1.165) is 0 Å². The Hall–Kier alpha value is -4.86. The summed E-state index contributed by atoms with van der Waals surface area (Å²) in [6, 6.07) is 17.4. The van der Waals surface area contributed by atoms with Gasteiger partial charge in [-0.15, -0.1) is 0 Å². The van der Waals surface area contributed by atoms with Gasteiger partial charge in [-0.05, 0) is 29.8 Å². The van der Waals surface area contributed by atoms with E-state index in [-0.39, 0.29) is 48.1 Å². The maximum Gasteiger partial charge on any atom is 0.281 e. The molecule has 182 valence electrons. The Morgan fingerprint density at radius 1 is 0.889 bits per heavy atom. The molecule has 0 atom stereocenters. The van der Waals surface area contributed by atoms with Gasteiger partial charge in [-0.25, -0.2) is 9.37 Å². The van der Waals surface area contributed by atoms with Crippen LogP contribution in [0.5, 0.6) is 0 Å². The first kappa shape index (κ1) is 24.3. The Bertz CT molecular complexity index is 1470. The number of halogens is 1. The molecule has 0 aliphatic rings. The summed E-state index contributed by atoms with van der Waals surface area (Å²) in [7, 11) is 0. The summed E-state index contributed by atoms with van der Waals surface area (Å²) < 4.78 is 14.3. The van der Waals surface area contributed by atoms with Crippen LogP contribution in [0.2, 0.25) is 0 Å². The summed E-state index contributed by atoms with van der Waals surface area (Å²) in [6.07, 6.45) is 2.71. The highest BCUT2D eigenvalue weighted by Crippen LogP contribution is 2.10. The Balaban J connectivity index is 1.39. The molecular formula is C26H22FN5O4. The van der Waals surface area contributed by atoms with Crippen LogP contribution < -0.4 is 21.5 Å². The predicted octanol–water partition coefficient (Wildman–Crippen LogP) is 2.17. The number of fused-ring (bicyclic) bond motifs is 1. The van der Waals surface area contributed by atoms with Gasteiger partial charge in [0.1, 0.15) is 11.5 Å². The molecule has 9 nitrogen and oxygen atoms in total. The molecule has 0 saturated heterocycles. The number of hydrogen-bond donors (Lipinski definition) is 3. The largest absolute Gasteiger partial charge is 0.370 e. The van der Waals surface area contributed by atoms with E-state index < -0.39 is 17.4 Å². The number of nitrogens with one attached hydrogen (secondary N) is 3. The highest BCUT2D eigenvalue weighted by Gasteiger charge is 2.15. The van der Waals surface area contributed by atoms with Crippen molar-refractivity contribution in [1.82, 2.24) is 20.0 Å². The molecule has 3 N–H and O–H groups in total. The first-order valence-corrected chi connectivity index (χ1v) is 11.0. The number of nitrogens with zero attached hydrogens (tertiary/aromatic N) is 2. The summed E-state index contributed by atoms with van der Waals surface area (Å²) in [6.45, 7) is -0.245. The molecule has 4 aromatic rings. The first-order chi connectivity index (χ1) is 17.4. The molecule has 2 aromatic carbocycles. The van der Waals surface area contributed by atoms with Crippen LogP contribution in [0.4, 0.5) is 10.1 Å². The number of amides is 2. The van der Waals surface area contributed by atoms with Crippen molar-refractivity contribution >= 4 is 28.9 Å². The number of carbonyl (C=O) groups is 3. The van der Waals surface area contributed by atoms with E-state index in [9.17, 15) is 23.6 Å². The van der Waals surface area contributed by atoms with Gasteiger partial charge in [-0.1, -0.05) is 42.5 Å². The van der Waals surface area contributed by atoms with Crippen molar-refractivity contribution < 1.29 is 18.8 Å². The van der Waals surface area contributed by atoms with E-state index >= 15 is 0 Å². The summed E-state index contributed by atoms with van der Waals surface area (Å²) in [5.74, 6) is -1.53. The Kier molecular flexibility index (Phi) is 7.45. The summed E-state index contributed by atoms with van der Waals surface area (Å²) in [4.78, 5) is 54.1. The van der Waals surface area contributed by atoms with Crippen molar-refractivity contribution in [1.29, 1.82) is 0 Å². The number of ketones is 1. The van der Waals surface area contributed by atoms with Gasteiger partial charge in [0.15, 0.2) is 11.4 Å². The molecule has 2 amide bonds. The zero-order valence-electron chi connectivity index (χ0n) is 19.0. The van der Waals surface area contributed by atoms with Crippen molar-refractivity contribution in [3.05, 3.63) is 112 Å². The monoisotopic (exact) mass is 487 g/mol. The second kappa shape index (κ2) is 11.0. The van der Waals surface area contributed by atoms with E-state index in [2.05, 4.69) is 20.9 Å². The molecule has 0 aliphatic carbocycles. The third-order valence-corrected chi connectivity index (χ3v) is 5.32. The van der Waals surface area contributed by atoms with Crippen LogP contribution in [0.1, 0.15) is 26.3 Å². The second-order valence-corrected chi connectivity index (χ2v) is 7.82. The zero-order valence-corrected chi connectivity index (χ0v) is 19.0. The van der Waals surface area contributed by atoms with Crippen molar-refractivity contribution in [2.24, 2.45) is 0 Å². The lowest BCUT2D eigenvalue weighted by Crippen LogP contribution is -2.35. The van der Waals surface area contributed by atoms with Gasteiger partial charge in [-0.2, -0.15) is 0 Å². The average Bonchev–Trinajstić information content (AvgIpc) is 2.91. The fourth-order valence-corrected chi connectivity index (χ4v) is 3.43.